The molecule has 0 aromatic carbocycles. The highest BCUT2D eigenvalue weighted by atomic mass is 79.9. The van der Waals surface area contributed by atoms with Crippen molar-refractivity contribution in [3.05, 3.63) is 55.8 Å². The maximum atomic E-state index is 3.87. The summed E-state index contributed by atoms with van der Waals surface area (Å²) in [5.41, 5.74) is 0. The van der Waals surface area contributed by atoms with Crippen LogP contribution in [0.1, 0.15) is 15.8 Å². The zero-order chi connectivity index (χ0) is 12.1. The molecule has 0 aliphatic carbocycles. The molecule has 1 atom stereocenters. The lowest BCUT2D eigenvalue weighted by Crippen LogP contribution is -2.23. The molecule has 0 bridgehead atoms. The van der Waals surface area contributed by atoms with Gasteiger partial charge in [-0.1, -0.05) is 34.6 Å². The molecule has 2 aromatic rings. The predicted octanol–water partition coefficient (Wildman–Crippen LogP) is 4.59. The van der Waals surface area contributed by atoms with Crippen molar-refractivity contribution in [1.82, 2.24) is 5.32 Å². The molecule has 0 aliphatic heterocycles. The van der Waals surface area contributed by atoms with Crippen molar-refractivity contribution in [3.8, 4) is 0 Å². The van der Waals surface area contributed by atoms with Crippen molar-refractivity contribution < 1.29 is 0 Å². The second-order valence-electron chi connectivity index (χ2n) is 3.75. The quantitative estimate of drug-likeness (QED) is 0.818. The van der Waals surface area contributed by atoms with Gasteiger partial charge in [-0.2, -0.15) is 0 Å². The van der Waals surface area contributed by atoms with Crippen LogP contribution in [0.15, 0.2) is 46.1 Å². The summed E-state index contributed by atoms with van der Waals surface area (Å²) in [5, 5.41) is 7.79. The van der Waals surface area contributed by atoms with E-state index in [9.17, 15) is 0 Å². The van der Waals surface area contributed by atoms with E-state index in [-0.39, 0.29) is 0 Å². The molecule has 0 spiro atoms. The second-order valence-corrected chi connectivity index (χ2v) is 6.88. The van der Waals surface area contributed by atoms with Crippen molar-refractivity contribution in [1.29, 1.82) is 0 Å². The highest BCUT2D eigenvalue weighted by Crippen LogP contribution is 2.25. The summed E-state index contributed by atoms with van der Waals surface area (Å²) < 4.78 is 0.991. The van der Waals surface area contributed by atoms with Crippen LogP contribution in [-0.4, -0.2) is 6.54 Å². The number of thiophene rings is 2. The Balaban J connectivity index is 2.04. The third-order valence-electron chi connectivity index (χ3n) is 2.41. The van der Waals surface area contributed by atoms with Crippen LogP contribution in [-0.2, 0) is 6.42 Å². The molecule has 0 fully saturated rings. The molecule has 17 heavy (non-hydrogen) atoms. The summed E-state index contributed by atoms with van der Waals surface area (Å²) in [6.45, 7) is 4.67. The maximum Gasteiger partial charge on any atom is 0.0466 e. The minimum atomic E-state index is 0.378. The fraction of sp³-hybridized carbons (Fsp3) is 0.231. The van der Waals surface area contributed by atoms with Crippen LogP contribution in [0.25, 0.3) is 0 Å². The van der Waals surface area contributed by atoms with Gasteiger partial charge in [-0.05, 0) is 22.9 Å². The molecule has 4 heteroatoms. The van der Waals surface area contributed by atoms with E-state index in [1.807, 2.05) is 11.3 Å². The first kappa shape index (κ1) is 13.0. The van der Waals surface area contributed by atoms with Crippen molar-refractivity contribution in [2.75, 3.05) is 6.54 Å². The Labute approximate surface area is 118 Å². The van der Waals surface area contributed by atoms with Crippen LogP contribution in [0.5, 0.6) is 0 Å². The van der Waals surface area contributed by atoms with Gasteiger partial charge >= 0.3 is 0 Å². The Kier molecular flexibility index (Phi) is 4.98. The van der Waals surface area contributed by atoms with Crippen LogP contribution >= 0.6 is 38.6 Å². The first-order chi connectivity index (χ1) is 8.25. The molecule has 2 rings (SSSR count). The number of nitrogens with one attached hydrogen (secondary N) is 1. The topological polar surface area (TPSA) is 12.0 Å². The monoisotopic (exact) mass is 327 g/mol. The number of halogens is 1. The summed E-state index contributed by atoms with van der Waals surface area (Å²) in [5.74, 6) is 0. The predicted molar refractivity (Wildman–Crippen MR) is 81.2 cm³/mol. The Morgan fingerprint density at radius 1 is 1.29 bits per heavy atom. The Morgan fingerprint density at radius 2 is 2.06 bits per heavy atom. The van der Waals surface area contributed by atoms with Gasteiger partial charge in [-0.3, -0.25) is 0 Å². The minimum Gasteiger partial charge on any atom is -0.304 e. The van der Waals surface area contributed by atoms with Crippen LogP contribution in [0.4, 0.5) is 0 Å². The lowest BCUT2D eigenvalue weighted by Gasteiger charge is -2.16. The zero-order valence-corrected chi connectivity index (χ0v) is 12.6. The molecule has 0 saturated heterocycles. The molecule has 0 amide bonds. The molecule has 0 saturated carbocycles. The fourth-order valence-electron chi connectivity index (χ4n) is 1.63. The van der Waals surface area contributed by atoms with E-state index < -0.39 is 0 Å². The molecule has 1 unspecified atom stereocenters. The molecule has 2 aromatic heterocycles. The van der Waals surface area contributed by atoms with E-state index in [0.717, 1.165) is 17.4 Å². The van der Waals surface area contributed by atoms with Crippen molar-refractivity contribution in [2.45, 2.75) is 12.5 Å². The number of hydrogen-bond acceptors (Lipinski definition) is 3. The van der Waals surface area contributed by atoms with Crippen molar-refractivity contribution >= 4 is 38.6 Å². The van der Waals surface area contributed by atoms with Gasteiger partial charge in [-0.25, -0.2) is 0 Å². The van der Waals surface area contributed by atoms with Gasteiger partial charge in [0, 0.05) is 33.2 Å². The van der Waals surface area contributed by atoms with Crippen molar-refractivity contribution in [3.63, 3.8) is 0 Å². The van der Waals surface area contributed by atoms with Gasteiger partial charge in [-0.15, -0.1) is 22.7 Å². The molecular weight excluding hydrogens is 314 g/mol. The number of hydrogen-bond donors (Lipinski definition) is 1. The molecule has 0 aliphatic rings. The van der Waals surface area contributed by atoms with E-state index in [1.165, 1.54) is 9.75 Å². The largest absolute Gasteiger partial charge is 0.304 e. The third-order valence-corrected chi connectivity index (χ3v) is 4.58. The SMILES string of the molecule is C=C(Br)CNC(Cc1cccs1)c1cccs1. The average Bonchev–Trinajstić information content (AvgIpc) is 2.96. The van der Waals surface area contributed by atoms with Gasteiger partial charge in [0.15, 0.2) is 0 Å². The first-order valence-electron chi connectivity index (χ1n) is 5.38. The van der Waals surface area contributed by atoms with E-state index in [2.05, 4.69) is 62.9 Å². The summed E-state index contributed by atoms with van der Waals surface area (Å²) in [6, 6.07) is 8.96. The molecule has 0 radical (unpaired) electrons. The first-order valence-corrected chi connectivity index (χ1v) is 7.93. The Hall–Kier alpha value is -0.420. The van der Waals surface area contributed by atoms with Gasteiger partial charge in [0.05, 0.1) is 0 Å². The third kappa shape index (κ3) is 4.07. The normalized spacial score (nSPS) is 12.5. The highest BCUT2D eigenvalue weighted by Gasteiger charge is 2.13. The van der Waals surface area contributed by atoms with Crippen molar-refractivity contribution in [2.24, 2.45) is 0 Å². The summed E-state index contributed by atoms with van der Waals surface area (Å²) in [6.07, 6.45) is 1.04. The molecule has 90 valence electrons. The van der Waals surface area contributed by atoms with Gasteiger partial charge in [0.2, 0.25) is 0 Å². The van der Waals surface area contributed by atoms with Crippen LogP contribution < -0.4 is 5.32 Å². The van der Waals surface area contributed by atoms with Crippen LogP contribution in [0.3, 0.4) is 0 Å². The van der Waals surface area contributed by atoms with Crippen LogP contribution in [0.2, 0.25) is 0 Å². The lowest BCUT2D eigenvalue weighted by atomic mass is 10.1. The highest BCUT2D eigenvalue weighted by molar-refractivity contribution is 9.11. The van der Waals surface area contributed by atoms with Gasteiger partial charge < -0.3 is 5.32 Å². The zero-order valence-electron chi connectivity index (χ0n) is 9.36. The molecule has 1 N–H and O–H groups in total. The summed E-state index contributed by atoms with van der Waals surface area (Å²) >= 11 is 7.01. The smallest absolute Gasteiger partial charge is 0.0466 e. The Morgan fingerprint density at radius 3 is 2.65 bits per heavy atom. The maximum absolute atomic E-state index is 3.87. The van der Waals surface area contributed by atoms with E-state index in [1.54, 1.807) is 11.3 Å². The van der Waals surface area contributed by atoms with E-state index in [4.69, 9.17) is 0 Å². The minimum absolute atomic E-state index is 0.378. The summed E-state index contributed by atoms with van der Waals surface area (Å²) in [4.78, 5) is 2.79. The second kappa shape index (κ2) is 6.50. The molecule has 1 nitrogen and oxygen atoms in total. The van der Waals surface area contributed by atoms with Crippen LogP contribution in [0, 0.1) is 0 Å². The number of rotatable bonds is 6. The average molecular weight is 328 g/mol. The lowest BCUT2D eigenvalue weighted by molar-refractivity contribution is 0.576. The van der Waals surface area contributed by atoms with Gasteiger partial charge in [0.25, 0.3) is 0 Å². The van der Waals surface area contributed by atoms with E-state index in [0.29, 0.717) is 6.04 Å². The molecular formula is C13H14BrNS2. The Bertz CT molecular complexity index is 448. The standard InChI is InChI=1S/C13H14BrNS2/c1-10(14)9-15-12(13-5-3-7-17-13)8-11-4-2-6-16-11/h2-7,12,15H,1,8-9H2. The summed E-state index contributed by atoms with van der Waals surface area (Å²) in [7, 11) is 0. The fourth-order valence-corrected chi connectivity index (χ4v) is 3.34. The van der Waals surface area contributed by atoms with E-state index >= 15 is 0 Å². The molecule has 2 heterocycles. The van der Waals surface area contributed by atoms with Gasteiger partial charge in [0.1, 0.15) is 0 Å².